The third kappa shape index (κ3) is 2.20. The van der Waals surface area contributed by atoms with Crippen molar-refractivity contribution in [2.45, 2.75) is 25.7 Å². The largest absolute Gasteiger partial charge is 0.480 e. The molecule has 0 aromatic heterocycles. The van der Waals surface area contributed by atoms with Crippen LogP contribution in [0.1, 0.15) is 25.7 Å². The van der Waals surface area contributed by atoms with Gasteiger partial charge in [0, 0.05) is 0 Å². The van der Waals surface area contributed by atoms with Crippen LogP contribution in [0.15, 0.2) is 11.5 Å². The smallest absolute Gasteiger partial charge is 0.424 e. The van der Waals surface area contributed by atoms with E-state index in [1.54, 1.807) is 0 Å². The van der Waals surface area contributed by atoms with E-state index < -0.39 is 7.12 Å². The summed E-state index contributed by atoms with van der Waals surface area (Å²) >= 11 is 0. The third-order valence-corrected chi connectivity index (χ3v) is 1.63. The van der Waals surface area contributed by atoms with Gasteiger partial charge in [0.25, 0.3) is 0 Å². The predicted octanol–water partition coefficient (Wildman–Crippen LogP) is 0.499. The average molecular weight is 126 g/mol. The van der Waals surface area contributed by atoms with E-state index in [0.29, 0.717) is 0 Å². The maximum Gasteiger partial charge on any atom is 0.480 e. The molecule has 0 unspecified atom stereocenters. The molecule has 0 aliphatic heterocycles. The summed E-state index contributed by atoms with van der Waals surface area (Å²) in [6.07, 6.45) is 4.52. The van der Waals surface area contributed by atoms with E-state index >= 15 is 0 Å². The molecule has 0 spiro atoms. The van der Waals surface area contributed by atoms with Crippen molar-refractivity contribution in [2.24, 2.45) is 0 Å². The first-order chi connectivity index (χ1) is 4.29. The zero-order chi connectivity index (χ0) is 6.69. The first-order valence-electron chi connectivity index (χ1n) is 3.35. The topological polar surface area (TPSA) is 40.5 Å². The first kappa shape index (κ1) is 6.84. The molecule has 2 nitrogen and oxygen atoms in total. The van der Waals surface area contributed by atoms with Crippen LogP contribution in [0.5, 0.6) is 0 Å². The van der Waals surface area contributed by atoms with Gasteiger partial charge in [0.05, 0.1) is 0 Å². The molecule has 0 radical (unpaired) electrons. The second-order valence-corrected chi connectivity index (χ2v) is 2.45. The van der Waals surface area contributed by atoms with Crippen LogP contribution in [-0.4, -0.2) is 17.2 Å². The Bertz CT molecular complexity index is 112. The SMILES string of the molecule is OB(O)C=C1CCCC1. The Balaban J connectivity index is 2.39. The molecule has 0 bridgehead atoms. The number of hydrogen-bond donors (Lipinski definition) is 2. The quantitative estimate of drug-likeness (QED) is 0.502. The molecule has 50 valence electrons. The van der Waals surface area contributed by atoms with Crippen molar-refractivity contribution in [3.05, 3.63) is 11.5 Å². The van der Waals surface area contributed by atoms with Gasteiger partial charge in [0.2, 0.25) is 0 Å². The molecule has 0 amide bonds. The minimum absolute atomic E-state index is 1.05. The average Bonchev–Trinajstić information content (AvgIpc) is 2.15. The Morgan fingerprint density at radius 3 is 2.22 bits per heavy atom. The lowest BCUT2D eigenvalue weighted by Crippen LogP contribution is -2.06. The zero-order valence-corrected chi connectivity index (χ0v) is 5.38. The summed E-state index contributed by atoms with van der Waals surface area (Å²) in [6, 6.07) is 0. The molecule has 3 heteroatoms. The fraction of sp³-hybridized carbons (Fsp3) is 0.667. The van der Waals surface area contributed by atoms with Crippen LogP contribution in [0.2, 0.25) is 0 Å². The highest BCUT2D eigenvalue weighted by molar-refractivity contribution is 6.47. The fourth-order valence-corrected chi connectivity index (χ4v) is 1.21. The Morgan fingerprint density at radius 2 is 1.78 bits per heavy atom. The highest BCUT2D eigenvalue weighted by Gasteiger charge is 2.09. The van der Waals surface area contributed by atoms with E-state index in [9.17, 15) is 0 Å². The van der Waals surface area contributed by atoms with Crippen molar-refractivity contribution in [2.75, 3.05) is 0 Å². The molecule has 2 N–H and O–H groups in total. The fourth-order valence-electron chi connectivity index (χ4n) is 1.21. The molecular formula is C6H11BO2. The minimum Gasteiger partial charge on any atom is -0.424 e. The summed E-state index contributed by atoms with van der Waals surface area (Å²) in [7, 11) is -1.24. The second kappa shape index (κ2) is 3.04. The summed E-state index contributed by atoms with van der Waals surface area (Å²) < 4.78 is 0. The summed E-state index contributed by atoms with van der Waals surface area (Å²) in [5, 5.41) is 17.0. The van der Waals surface area contributed by atoms with E-state index in [1.807, 2.05) is 0 Å². The van der Waals surface area contributed by atoms with Crippen LogP contribution in [-0.2, 0) is 0 Å². The van der Waals surface area contributed by atoms with Crippen LogP contribution in [0.3, 0.4) is 0 Å². The summed E-state index contributed by atoms with van der Waals surface area (Å²) in [5.74, 6) is 1.53. The molecular weight excluding hydrogens is 115 g/mol. The lowest BCUT2D eigenvalue weighted by molar-refractivity contribution is 0.423. The van der Waals surface area contributed by atoms with Gasteiger partial charge in [0.15, 0.2) is 0 Å². The molecule has 1 aliphatic carbocycles. The van der Waals surface area contributed by atoms with Gasteiger partial charge in [-0.1, -0.05) is 11.5 Å². The molecule has 1 aliphatic rings. The van der Waals surface area contributed by atoms with Crippen LogP contribution < -0.4 is 0 Å². The zero-order valence-electron chi connectivity index (χ0n) is 5.38. The van der Waals surface area contributed by atoms with Gasteiger partial charge in [-0.25, -0.2) is 0 Å². The minimum atomic E-state index is -1.24. The van der Waals surface area contributed by atoms with Crippen molar-refractivity contribution in [3.63, 3.8) is 0 Å². The monoisotopic (exact) mass is 126 g/mol. The van der Waals surface area contributed by atoms with E-state index in [2.05, 4.69) is 0 Å². The van der Waals surface area contributed by atoms with Gasteiger partial charge in [-0.15, -0.1) is 0 Å². The summed E-state index contributed by atoms with van der Waals surface area (Å²) in [6.45, 7) is 0. The highest BCUT2D eigenvalue weighted by atomic mass is 16.4. The van der Waals surface area contributed by atoms with Crippen LogP contribution in [0, 0.1) is 0 Å². The van der Waals surface area contributed by atoms with Gasteiger partial charge in [-0.05, 0) is 25.7 Å². The predicted molar refractivity (Wildman–Crippen MR) is 36.7 cm³/mol. The maximum absolute atomic E-state index is 8.49. The molecule has 0 saturated heterocycles. The standard InChI is InChI=1S/C6H11BO2/c8-7(9)5-6-3-1-2-4-6/h5,8-9H,1-4H2. The first-order valence-corrected chi connectivity index (χ1v) is 3.35. The van der Waals surface area contributed by atoms with Crippen LogP contribution in [0.4, 0.5) is 0 Å². The van der Waals surface area contributed by atoms with Crippen LogP contribution in [0.25, 0.3) is 0 Å². The van der Waals surface area contributed by atoms with E-state index in [4.69, 9.17) is 10.0 Å². The van der Waals surface area contributed by atoms with Crippen molar-refractivity contribution in [1.29, 1.82) is 0 Å². The van der Waals surface area contributed by atoms with Gasteiger partial charge in [0.1, 0.15) is 0 Å². The van der Waals surface area contributed by atoms with Gasteiger partial charge >= 0.3 is 7.12 Å². The van der Waals surface area contributed by atoms with Crippen molar-refractivity contribution in [3.8, 4) is 0 Å². The summed E-state index contributed by atoms with van der Waals surface area (Å²) in [5.41, 5.74) is 1.20. The van der Waals surface area contributed by atoms with Crippen LogP contribution >= 0.6 is 0 Å². The highest BCUT2D eigenvalue weighted by Crippen LogP contribution is 2.23. The molecule has 0 aromatic rings. The molecule has 0 heterocycles. The van der Waals surface area contributed by atoms with E-state index in [-0.39, 0.29) is 0 Å². The molecule has 1 fully saturated rings. The van der Waals surface area contributed by atoms with Crippen molar-refractivity contribution < 1.29 is 10.0 Å². The Hall–Kier alpha value is -0.275. The Kier molecular flexibility index (Phi) is 2.31. The lowest BCUT2D eigenvalue weighted by atomic mass is 9.88. The van der Waals surface area contributed by atoms with E-state index in [0.717, 1.165) is 12.8 Å². The summed E-state index contributed by atoms with van der Waals surface area (Å²) in [4.78, 5) is 0. The lowest BCUT2D eigenvalue weighted by Gasteiger charge is -1.92. The number of allylic oxidation sites excluding steroid dienone is 1. The molecule has 1 saturated carbocycles. The van der Waals surface area contributed by atoms with Gasteiger partial charge < -0.3 is 10.0 Å². The van der Waals surface area contributed by atoms with Crippen molar-refractivity contribution >= 4 is 7.12 Å². The van der Waals surface area contributed by atoms with Gasteiger partial charge in [-0.2, -0.15) is 0 Å². The molecule has 9 heavy (non-hydrogen) atoms. The van der Waals surface area contributed by atoms with Gasteiger partial charge in [-0.3, -0.25) is 0 Å². The molecule has 0 aromatic carbocycles. The third-order valence-electron chi connectivity index (χ3n) is 1.63. The second-order valence-electron chi connectivity index (χ2n) is 2.45. The number of hydrogen-bond acceptors (Lipinski definition) is 2. The Labute approximate surface area is 55.3 Å². The molecule has 0 atom stereocenters. The maximum atomic E-state index is 8.49. The number of rotatable bonds is 1. The Morgan fingerprint density at radius 1 is 1.22 bits per heavy atom. The van der Waals surface area contributed by atoms with E-state index in [1.165, 1.54) is 24.4 Å². The molecule has 1 rings (SSSR count). The van der Waals surface area contributed by atoms with Crippen molar-refractivity contribution in [1.82, 2.24) is 0 Å². The normalized spacial score (nSPS) is 18.2.